The van der Waals surface area contributed by atoms with Crippen LogP contribution in [0.3, 0.4) is 0 Å². The molecular weight excluding hydrogens is 392 g/mol. The molecule has 3 aromatic rings. The Morgan fingerprint density at radius 3 is 2.19 bits per heavy atom. The number of amides is 1. The smallest absolute Gasteiger partial charge is 0.279 e. The number of anilines is 1. The zero-order valence-electron chi connectivity index (χ0n) is 17.4. The van der Waals surface area contributed by atoms with Gasteiger partial charge in [-0.3, -0.25) is 14.4 Å². The predicted molar refractivity (Wildman–Crippen MR) is 117 cm³/mol. The average molecular weight is 415 g/mol. The van der Waals surface area contributed by atoms with E-state index in [4.69, 9.17) is 4.74 Å². The van der Waals surface area contributed by atoms with Crippen LogP contribution >= 0.6 is 0 Å². The van der Waals surface area contributed by atoms with Gasteiger partial charge in [0.2, 0.25) is 0 Å². The summed E-state index contributed by atoms with van der Waals surface area (Å²) >= 11 is 0. The first-order chi connectivity index (χ1) is 15.0. The van der Waals surface area contributed by atoms with Gasteiger partial charge in [0.1, 0.15) is 12.3 Å². The highest BCUT2D eigenvalue weighted by molar-refractivity contribution is 6.30. The van der Waals surface area contributed by atoms with Gasteiger partial charge >= 0.3 is 0 Å². The first-order valence-corrected chi connectivity index (χ1v) is 10.0. The Morgan fingerprint density at radius 2 is 1.52 bits per heavy atom. The summed E-state index contributed by atoms with van der Waals surface area (Å²) in [6.45, 7) is 0.878. The number of ether oxygens (including phenoxy) is 1. The molecule has 1 atom stereocenters. The second-order valence-corrected chi connectivity index (χ2v) is 7.64. The fraction of sp³-hybridized carbons (Fsp3) is 0.160. The molecule has 1 aliphatic carbocycles. The van der Waals surface area contributed by atoms with Crippen molar-refractivity contribution in [2.24, 2.45) is 0 Å². The maximum absolute atomic E-state index is 13.1. The van der Waals surface area contributed by atoms with Crippen molar-refractivity contribution in [3.63, 3.8) is 0 Å². The minimum Gasteiger partial charge on any atom is -0.497 e. The van der Waals surface area contributed by atoms with Crippen LogP contribution in [0.15, 0.2) is 66.7 Å². The number of carbonyl (C=O) groups excluding carboxylic acids is 3. The van der Waals surface area contributed by atoms with Crippen LogP contribution in [0.2, 0.25) is 0 Å². The number of hydrogen-bond donors (Lipinski definition) is 2. The van der Waals surface area contributed by atoms with Gasteiger partial charge in [0.15, 0.2) is 18.1 Å². The van der Waals surface area contributed by atoms with E-state index in [1.807, 2.05) is 31.3 Å². The van der Waals surface area contributed by atoms with Gasteiger partial charge in [-0.1, -0.05) is 36.4 Å². The average Bonchev–Trinajstić information content (AvgIpc) is 2.77. The van der Waals surface area contributed by atoms with Gasteiger partial charge in [0.25, 0.3) is 5.91 Å². The quantitative estimate of drug-likeness (QED) is 0.506. The summed E-state index contributed by atoms with van der Waals surface area (Å²) in [7, 11) is 3.55. The third-order valence-electron chi connectivity index (χ3n) is 5.35. The van der Waals surface area contributed by atoms with E-state index in [1.165, 1.54) is 0 Å². The molecular formula is C25H23N2O4+. The maximum Gasteiger partial charge on any atom is 0.279 e. The lowest BCUT2D eigenvalue weighted by atomic mass is 9.83. The third-order valence-corrected chi connectivity index (χ3v) is 5.35. The number of quaternary nitrogens is 1. The predicted octanol–water partition coefficient (Wildman–Crippen LogP) is 2.12. The van der Waals surface area contributed by atoms with E-state index in [0.29, 0.717) is 28.9 Å². The van der Waals surface area contributed by atoms with Gasteiger partial charge in [-0.2, -0.15) is 0 Å². The van der Waals surface area contributed by atoms with E-state index in [9.17, 15) is 14.4 Å². The summed E-state index contributed by atoms with van der Waals surface area (Å²) in [4.78, 5) is 39.6. The maximum atomic E-state index is 13.1. The highest BCUT2D eigenvalue weighted by atomic mass is 16.5. The van der Waals surface area contributed by atoms with Crippen molar-refractivity contribution in [2.75, 3.05) is 26.0 Å². The lowest BCUT2D eigenvalue weighted by Crippen LogP contribution is -3.08. The second kappa shape index (κ2) is 8.53. The molecule has 0 saturated carbocycles. The van der Waals surface area contributed by atoms with Gasteiger partial charge in [-0.25, -0.2) is 0 Å². The van der Waals surface area contributed by atoms with Crippen LogP contribution in [-0.2, 0) is 11.3 Å². The zero-order valence-corrected chi connectivity index (χ0v) is 17.4. The SMILES string of the molecule is COc1ccc(C[NH+](C)CC(=O)Nc2cccc3c2C(=O)c2ccccc2C3=O)cc1. The normalized spacial score (nSPS) is 13.2. The molecule has 0 saturated heterocycles. The topological polar surface area (TPSA) is 76.9 Å². The number of carbonyl (C=O) groups is 3. The molecule has 156 valence electrons. The van der Waals surface area contributed by atoms with Crippen LogP contribution in [0, 0.1) is 0 Å². The molecule has 6 nitrogen and oxygen atoms in total. The molecule has 1 amide bonds. The number of benzene rings is 3. The first kappa shape index (κ1) is 20.5. The minimum absolute atomic E-state index is 0.205. The molecule has 0 spiro atoms. The highest BCUT2D eigenvalue weighted by Crippen LogP contribution is 2.31. The van der Waals surface area contributed by atoms with Gasteiger partial charge in [-0.05, 0) is 30.3 Å². The van der Waals surface area contributed by atoms with Crippen molar-refractivity contribution >= 4 is 23.2 Å². The van der Waals surface area contributed by atoms with Crippen molar-refractivity contribution in [1.82, 2.24) is 0 Å². The molecule has 31 heavy (non-hydrogen) atoms. The van der Waals surface area contributed by atoms with Crippen LogP contribution < -0.4 is 15.0 Å². The zero-order chi connectivity index (χ0) is 22.0. The summed E-state index contributed by atoms with van der Waals surface area (Å²) < 4.78 is 5.17. The summed E-state index contributed by atoms with van der Waals surface area (Å²) in [6, 6.07) is 19.4. The second-order valence-electron chi connectivity index (χ2n) is 7.64. The fourth-order valence-corrected chi connectivity index (χ4v) is 3.87. The van der Waals surface area contributed by atoms with Crippen molar-refractivity contribution in [2.45, 2.75) is 6.54 Å². The third kappa shape index (κ3) is 4.11. The molecule has 2 N–H and O–H groups in total. The number of ketones is 2. The molecule has 1 aliphatic rings. The Kier molecular flexibility index (Phi) is 5.64. The Balaban J connectivity index is 1.49. The van der Waals surface area contributed by atoms with Crippen LogP contribution in [0.1, 0.15) is 37.4 Å². The lowest BCUT2D eigenvalue weighted by molar-refractivity contribution is -0.885. The van der Waals surface area contributed by atoms with Gasteiger partial charge in [-0.15, -0.1) is 0 Å². The Labute approximate surface area is 180 Å². The molecule has 0 bridgehead atoms. The van der Waals surface area contributed by atoms with Crippen LogP contribution in [-0.4, -0.2) is 38.2 Å². The molecule has 3 aromatic carbocycles. The lowest BCUT2D eigenvalue weighted by Gasteiger charge is -2.20. The van der Waals surface area contributed by atoms with E-state index in [0.717, 1.165) is 16.2 Å². The van der Waals surface area contributed by atoms with Crippen LogP contribution in [0.4, 0.5) is 5.69 Å². The fourth-order valence-electron chi connectivity index (χ4n) is 3.87. The van der Waals surface area contributed by atoms with E-state index >= 15 is 0 Å². The van der Waals surface area contributed by atoms with Crippen LogP contribution in [0.25, 0.3) is 0 Å². The van der Waals surface area contributed by atoms with E-state index in [1.54, 1.807) is 49.6 Å². The molecule has 0 radical (unpaired) electrons. The summed E-state index contributed by atoms with van der Waals surface area (Å²) in [5, 5.41) is 2.83. The molecule has 4 rings (SSSR count). The van der Waals surface area contributed by atoms with Crippen LogP contribution in [0.5, 0.6) is 5.75 Å². The van der Waals surface area contributed by atoms with Crippen molar-refractivity contribution in [3.8, 4) is 5.75 Å². The number of hydrogen-bond acceptors (Lipinski definition) is 4. The summed E-state index contributed by atoms with van der Waals surface area (Å²) in [5.74, 6) is 0.107. The van der Waals surface area contributed by atoms with Gasteiger partial charge < -0.3 is 15.0 Å². The highest BCUT2D eigenvalue weighted by Gasteiger charge is 2.31. The number of methoxy groups -OCH3 is 1. The molecule has 0 heterocycles. The van der Waals surface area contributed by atoms with Gasteiger partial charge in [0, 0.05) is 22.3 Å². The number of fused-ring (bicyclic) bond motifs is 2. The molecule has 0 aliphatic heterocycles. The summed E-state index contributed by atoms with van der Waals surface area (Å²) in [5.41, 5.74) is 2.79. The molecule has 0 fully saturated rings. The Morgan fingerprint density at radius 1 is 0.871 bits per heavy atom. The standard InChI is InChI=1S/C25H22N2O4/c1-27(14-16-10-12-17(31-2)13-11-16)15-22(28)26-21-9-5-8-20-23(21)25(30)19-7-4-3-6-18(19)24(20)29/h3-13H,14-15H2,1-2H3,(H,26,28)/p+1. The monoisotopic (exact) mass is 415 g/mol. The van der Waals surface area contributed by atoms with Crippen molar-refractivity contribution < 1.29 is 24.0 Å². The first-order valence-electron chi connectivity index (χ1n) is 10.0. The van der Waals surface area contributed by atoms with Crippen molar-refractivity contribution in [1.29, 1.82) is 0 Å². The van der Waals surface area contributed by atoms with E-state index < -0.39 is 0 Å². The molecule has 1 unspecified atom stereocenters. The Hall–Kier alpha value is -3.77. The van der Waals surface area contributed by atoms with E-state index in [2.05, 4.69) is 5.32 Å². The number of rotatable bonds is 6. The minimum atomic E-state index is -0.250. The number of likely N-dealkylation sites (N-methyl/N-ethyl adjacent to an activating group) is 1. The summed E-state index contributed by atoms with van der Waals surface area (Å²) in [6.07, 6.45) is 0. The van der Waals surface area contributed by atoms with E-state index in [-0.39, 0.29) is 29.6 Å². The molecule has 6 heteroatoms. The van der Waals surface area contributed by atoms with Crippen molar-refractivity contribution in [3.05, 3.63) is 94.5 Å². The largest absolute Gasteiger partial charge is 0.497 e. The number of nitrogens with one attached hydrogen (secondary N) is 2. The van der Waals surface area contributed by atoms with Gasteiger partial charge in [0.05, 0.1) is 25.4 Å². The molecule has 0 aromatic heterocycles. The Bertz CT molecular complexity index is 1170.